The van der Waals surface area contributed by atoms with Crippen molar-refractivity contribution in [3.05, 3.63) is 77.6 Å². The summed E-state index contributed by atoms with van der Waals surface area (Å²) in [5.41, 5.74) is 6.74. The maximum Gasteiger partial charge on any atom is 0.248 e. The number of primary amides is 1. The third kappa shape index (κ3) is 2.76. The Balaban J connectivity index is 1.84. The monoisotopic (exact) mass is 294 g/mol. The van der Waals surface area contributed by atoms with Crippen LogP contribution in [0.1, 0.15) is 15.9 Å². The molecule has 4 heteroatoms. The molecule has 0 fully saturated rings. The predicted molar refractivity (Wildman–Crippen MR) is 86.2 cm³/mol. The van der Waals surface area contributed by atoms with Gasteiger partial charge in [-0.05, 0) is 23.6 Å². The van der Waals surface area contributed by atoms with Crippen LogP contribution in [0, 0.1) is 5.82 Å². The lowest BCUT2D eigenvalue weighted by molar-refractivity contribution is 0.1000. The van der Waals surface area contributed by atoms with Crippen molar-refractivity contribution in [3.63, 3.8) is 0 Å². The van der Waals surface area contributed by atoms with E-state index in [1.165, 1.54) is 12.1 Å². The molecule has 0 saturated carbocycles. The maximum atomic E-state index is 14.0. The SMILES string of the molecule is NC(=O)c1ccc(CNc2cccc3ccccc23)c(F)c1. The van der Waals surface area contributed by atoms with Crippen molar-refractivity contribution in [2.24, 2.45) is 5.73 Å². The minimum Gasteiger partial charge on any atom is -0.380 e. The molecule has 0 atom stereocenters. The Morgan fingerprint density at radius 3 is 2.59 bits per heavy atom. The van der Waals surface area contributed by atoms with Crippen LogP contribution < -0.4 is 11.1 Å². The summed E-state index contributed by atoms with van der Waals surface area (Å²) >= 11 is 0. The number of carbonyl (C=O) groups excluding carboxylic acids is 1. The molecule has 110 valence electrons. The second-order valence-corrected chi connectivity index (χ2v) is 5.05. The van der Waals surface area contributed by atoms with Crippen LogP contribution in [0.2, 0.25) is 0 Å². The number of anilines is 1. The van der Waals surface area contributed by atoms with Gasteiger partial charge in [-0.25, -0.2) is 4.39 Å². The summed E-state index contributed by atoms with van der Waals surface area (Å²) in [5, 5.41) is 5.44. The van der Waals surface area contributed by atoms with Crippen LogP contribution in [0.3, 0.4) is 0 Å². The van der Waals surface area contributed by atoms with Gasteiger partial charge in [0.1, 0.15) is 5.82 Å². The first kappa shape index (κ1) is 14.1. The summed E-state index contributed by atoms with van der Waals surface area (Å²) in [5.74, 6) is -1.07. The van der Waals surface area contributed by atoms with Crippen molar-refractivity contribution < 1.29 is 9.18 Å². The van der Waals surface area contributed by atoms with Crippen molar-refractivity contribution in [1.29, 1.82) is 0 Å². The van der Waals surface area contributed by atoms with Gasteiger partial charge in [0.2, 0.25) is 5.91 Å². The van der Waals surface area contributed by atoms with Gasteiger partial charge in [0.05, 0.1) is 0 Å². The molecule has 0 saturated heterocycles. The number of nitrogens with one attached hydrogen (secondary N) is 1. The van der Waals surface area contributed by atoms with Gasteiger partial charge in [-0.15, -0.1) is 0 Å². The van der Waals surface area contributed by atoms with Crippen LogP contribution in [0.5, 0.6) is 0 Å². The van der Waals surface area contributed by atoms with Crippen LogP contribution in [0.4, 0.5) is 10.1 Å². The fourth-order valence-corrected chi connectivity index (χ4v) is 2.41. The van der Waals surface area contributed by atoms with Crippen LogP contribution in [-0.2, 0) is 6.54 Å². The zero-order valence-corrected chi connectivity index (χ0v) is 11.8. The average molecular weight is 294 g/mol. The van der Waals surface area contributed by atoms with E-state index in [4.69, 9.17) is 5.73 Å². The minimum atomic E-state index is -0.632. The lowest BCUT2D eigenvalue weighted by atomic mass is 10.1. The van der Waals surface area contributed by atoms with E-state index in [1.54, 1.807) is 6.07 Å². The number of hydrogen-bond acceptors (Lipinski definition) is 2. The fraction of sp³-hybridized carbons (Fsp3) is 0.0556. The number of halogens is 1. The Kier molecular flexibility index (Phi) is 3.74. The summed E-state index contributed by atoms with van der Waals surface area (Å²) < 4.78 is 14.0. The maximum absolute atomic E-state index is 14.0. The highest BCUT2D eigenvalue weighted by atomic mass is 19.1. The van der Waals surface area contributed by atoms with Gasteiger partial charge in [0, 0.05) is 28.7 Å². The zero-order chi connectivity index (χ0) is 15.5. The Hall–Kier alpha value is -2.88. The summed E-state index contributed by atoms with van der Waals surface area (Å²) in [7, 11) is 0. The second kappa shape index (κ2) is 5.85. The average Bonchev–Trinajstić information content (AvgIpc) is 2.53. The standard InChI is InChI=1S/C18H15FN2O/c19-16-10-13(18(20)22)8-9-14(16)11-21-17-7-3-5-12-4-1-2-6-15(12)17/h1-10,21H,11H2,(H2,20,22). The summed E-state index contributed by atoms with van der Waals surface area (Å²) in [4.78, 5) is 11.0. The molecule has 3 rings (SSSR count). The molecule has 3 nitrogen and oxygen atoms in total. The van der Waals surface area contributed by atoms with Gasteiger partial charge < -0.3 is 11.1 Å². The molecule has 0 aliphatic carbocycles. The van der Waals surface area contributed by atoms with Gasteiger partial charge in [0.25, 0.3) is 0 Å². The number of amides is 1. The van der Waals surface area contributed by atoms with Gasteiger partial charge in [0.15, 0.2) is 0 Å². The lowest BCUT2D eigenvalue weighted by Crippen LogP contribution is -2.12. The first-order valence-corrected chi connectivity index (χ1v) is 6.95. The lowest BCUT2D eigenvalue weighted by Gasteiger charge is -2.11. The van der Waals surface area contributed by atoms with E-state index in [0.717, 1.165) is 16.5 Å². The Morgan fingerprint density at radius 2 is 1.82 bits per heavy atom. The molecule has 3 N–H and O–H groups in total. The van der Waals surface area contributed by atoms with Gasteiger partial charge in [-0.3, -0.25) is 4.79 Å². The zero-order valence-electron chi connectivity index (χ0n) is 11.8. The highest BCUT2D eigenvalue weighted by Gasteiger charge is 2.07. The normalized spacial score (nSPS) is 10.6. The number of carbonyl (C=O) groups is 1. The first-order chi connectivity index (χ1) is 10.6. The van der Waals surface area contributed by atoms with Crippen molar-refractivity contribution >= 4 is 22.4 Å². The summed E-state index contributed by atoms with van der Waals surface area (Å²) in [6.07, 6.45) is 0. The minimum absolute atomic E-state index is 0.173. The van der Waals surface area contributed by atoms with E-state index in [2.05, 4.69) is 5.32 Å². The molecular weight excluding hydrogens is 279 g/mol. The Morgan fingerprint density at radius 1 is 1.05 bits per heavy atom. The number of hydrogen-bond donors (Lipinski definition) is 2. The number of fused-ring (bicyclic) bond motifs is 1. The van der Waals surface area contributed by atoms with Gasteiger partial charge in [-0.1, -0.05) is 42.5 Å². The van der Waals surface area contributed by atoms with E-state index in [9.17, 15) is 9.18 Å². The molecule has 0 spiro atoms. The largest absolute Gasteiger partial charge is 0.380 e. The van der Waals surface area contributed by atoms with E-state index >= 15 is 0 Å². The molecular formula is C18H15FN2O. The van der Waals surface area contributed by atoms with E-state index in [0.29, 0.717) is 12.1 Å². The topological polar surface area (TPSA) is 55.1 Å². The summed E-state index contributed by atoms with van der Waals surface area (Å²) in [6, 6.07) is 18.2. The molecule has 0 radical (unpaired) electrons. The van der Waals surface area contributed by atoms with Crippen LogP contribution >= 0.6 is 0 Å². The molecule has 3 aromatic rings. The van der Waals surface area contributed by atoms with E-state index in [1.807, 2.05) is 42.5 Å². The van der Waals surface area contributed by atoms with Crippen LogP contribution in [0.15, 0.2) is 60.7 Å². The predicted octanol–water partition coefficient (Wildman–Crippen LogP) is 3.69. The highest BCUT2D eigenvalue weighted by molar-refractivity contribution is 5.94. The smallest absolute Gasteiger partial charge is 0.248 e. The molecule has 22 heavy (non-hydrogen) atoms. The molecule has 3 aromatic carbocycles. The number of rotatable bonds is 4. The van der Waals surface area contributed by atoms with E-state index in [-0.39, 0.29) is 5.56 Å². The van der Waals surface area contributed by atoms with Gasteiger partial charge in [-0.2, -0.15) is 0 Å². The molecule has 0 unspecified atom stereocenters. The summed E-state index contributed by atoms with van der Waals surface area (Å²) in [6.45, 7) is 0.332. The van der Waals surface area contributed by atoms with Crippen molar-refractivity contribution in [3.8, 4) is 0 Å². The molecule has 0 aliphatic rings. The molecule has 0 aromatic heterocycles. The third-order valence-electron chi connectivity index (χ3n) is 3.60. The third-order valence-corrected chi connectivity index (χ3v) is 3.60. The van der Waals surface area contributed by atoms with Crippen LogP contribution in [0.25, 0.3) is 10.8 Å². The second-order valence-electron chi connectivity index (χ2n) is 5.05. The quantitative estimate of drug-likeness (QED) is 0.771. The fourth-order valence-electron chi connectivity index (χ4n) is 2.41. The number of benzene rings is 3. The first-order valence-electron chi connectivity index (χ1n) is 6.95. The Bertz CT molecular complexity index is 840. The molecule has 0 aliphatic heterocycles. The van der Waals surface area contributed by atoms with Crippen molar-refractivity contribution in [2.75, 3.05) is 5.32 Å². The Labute approximate surface area is 127 Å². The molecule has 0 bridgehead atoms. The molecule has 0 heterocycles. The van der Waals surface area contributed by atoms with Gasteiger partial charge >= 0.3 is 0 Å². The highest BCUT2D eigenvalue weighted by Crippen LogP contribution is 2.23. The number of nitrogens with two attached hydrogens (primary N) is 1. The van der Waals surface area contributed by atoms with Crippen LogP contribution in [-0.4, -0.2) is 5.91 Å². The van der Waals surface area contributed by atoms with Crippen molar-refractivity contribution in [2.45, 2.75) is 6.54 Å². The van der Waals surface area contributed by atoms with Crippen molar-refractivity contribution in [1.82, 2.24) is 0 Å². The van der Waals surface area contributed by atoms with E-state index < -0.39 is 11.7 Å². The molecule has 1 amide bonds.